The van der Waals surface area contributed by atoms with Crippen molar-refractivity contribution in [2.24, 2.45) is 5.84 Å². The second-order valence-corrected chi connectivity index (χ2v) is 2.42. The number of nitrogens with one attached hydrogen (secondary N) is 1. The number of aromatic nitrogens is 1. The third-order valence-electron chi connectivity index (χ3n) is 1.47. The van der Waals surface area contributed by atoms with Gasteiger partial charge in [-0.25, -0.2) is 10.8 Å². The molecule has 0 amide bonds. The maximum Gasteiger partial charge on any atom is 0.182 e. The topological polar surface area (TPSA) is 80.4 Å². The van der Waals surface area contributed by atoms with E-state index < -0.39 is 0 Å². The highest BCUT2D eigenvalue weighted by Crippen LogP contribution is 2.19. The number of nitrogens with two attached hydrogens (primary N) is 1. The van der Waals surface area contributed by atoms with Crippen LogP contribution in [0.25, 0.3) is 0 Å². The maximum absolute atomic E-state index is 8.53. The van der Waals surface area contributed by atoms with Crippen molar-refractivity contribution in [3.05, 3.63) is 18.3 Å². The average Bonchev–Trinajstić information content (AvgIpc) is 2.19. The summed E-state index contributed by atoms with van der Waals surface area (Å²) in [5, 5.41) is 8.53. The Hall–Kier alpha value is -1.33. The van der Waals surface area contributed by atoms with Gasteiger partial charge >= 0.3 is 0 Å². The van der Waals surface area contributed by atoms with Crippen LogP contribution in [0.5, 0.6) is 5.75 Å². The maximum atomic E-state index is 8.53. The van der Waals surface area contributed by atoms with Gasteiger partial charge in [0.05, 0.1) is 6.61 Å². The third kappa shape index (κ3) is 2.89. The Labute approximate surface area is 76.5 Å². The molecule has 0 aromatic carbocycles. The fourth-order valence-corrected chi connectivity index (χ4v) is 0.862. The Morgan fingerprint density at radius 3 is 3.15 bits per heavy atom. The Kier molecular flexibility index (Phi) is 4.01. The molecule has 0 saturated heterocycles. The van der Waals surface area contributed by atoms with Gasteiger partial charge in [-0.05, 0) is 12.1 Å². The highest BCUT2D eigenvalue weighted by molar-refractivity contribution is 5.48. The molecule has 0 spiro atoms. The smallest absolute Gasteiger partial charge is 0.182 e. The number of aliphatic hydroxyl groups excluding tert-OH is 1. The molecule has 13 heavy (non-hydrogen) atoms. The predicted octanol–water partition coefficient (Wildman–Crippen LogP) is 0.128. The van der Waals surface area contributed by atoms with Gasteiger partial charge in [0.15, 0.2) is 11.6 Å². The highest BCUT2D eigenvalue weighted by atomic mass is 16.5. The third-order valence-corrected chi connectivity index (χ3v) is 1.47. The summed E-state index contributed by atoms with van der Waals surface area (Å²) in [5.41, 5.74) is 2.42. The SMILES string of the molecule is NNc1ncccc1OCCCO. The summed E-state index contributed by atoms with van der Waals surface area (Å²) in [6.07, 6.45) is 2.22. The fraction of sp³-hybridized carbons (Fsp3) is 0.375. The van der Waals surface area contributed by atoms with Gasteiger partial charge in [0.25, 0.3) is 0 Å². The Morgan fingerprint density at radius 2 is 2.46 bits per heavy atom. The van der Waals surface area contributed by atoms with Crippen LogP contribution in [0.3, 0.4) is 0 Å². The summed E-state index contributed by atoms with van der Waals surface area (Å²) >= 11 is 0. The Bertz CT molecular complexity index is 255. The molecule has 0 bridgehead atoms. The molecule has 0 fully saturated rings. The molecular formula is C8H13N3O2. The van der Waals surface area contributed by atoms with E-state index in [-0.39, 0.29) is 6.61 Å². The van der Waals surface area contributed by atoms with Gasteiger partial charge in [-0.1, -0.05) is 0 Å². The first kappa shape index (κ1) is 9.76. The van der Waals surface area contributed by atoms with E-state index in [4.69, 9.17) is 15.7 Å². The van der Waals surface area contributed by atoms with Gasteiger partial charge in [-0.2, -0.15) is 0 Å². The number of hydrogen-bond acceptors (Lipinski definition) is 5. The number of aliphatic hydroxyl groups is 1. The molecule has 1 heterocycles. The second kappa shape index (κ2) is 5.34. The molecule has 1 aromatic heterocycles. The van der Waals surface area contributed by atoms with E-state index in [1.807, 2.05) is 0 Å². The van der Waals surface area contributed by atoms with Gasteiger partial charge < -0.3 is 15.3 Å². The van der Waals surface area contributed by atoms with Crippen LogP contribution in [-0.4, -0.2) is 23.3 Å². The fourth-order valence-electron chi connectivity index (χ4n) is 0.862. The van der Waals surface area contributed by atoms with Crippen LogP contribution in [0, 0.1) is 0 Å². The normalized spacial score (nSPS) is 9.69. The zero-order chi connectivity index (χ0) is 9.52. The lowest BCUT2D eigenvalue weighted by atomic mass is 10.4. The zero-order valence-electron chi connectivity index (χ0n) is 7.23. The molecule has 0 aliphatic carbocycles. The number of nitrogens with zero attached hydrogens (tertiary/aromatic N) is 1. The number of pyridine rings is 1. The van der Waals surface area contributed by atoms with Crippen LogP contribution in [-0.2, 0) is 0 Å². The molecule has 0 aliphatic heterocycles. The summed E-state index contributed by atoms with van der Waals surface area (Å²) < 4.78 is 5.30. The standard InChI is InChI=1S/C8H13N3O2/c9-11-8-7(3-1-4-10-8)13-6-2-5-12/h1,3-4,12H,2,5-6,9H2,(H,10,11). The molecule has 1 rings (SSSR count). The first-order valence-corrected chi connectivity index (χ1v) is 4.03. The molecule has 0 unspecified atom stereocenters. The molecule has 72 valence electrons. The largest absolute Gasteiger partial charge is 0.490 e. The minimum absolute atomic E-state index is 0.117. The zero-order valence-corrected chi connectivity index (χ0v) is 7.23. The summed E-state index contributed by atoms with van der Waals surface area (Å²) in [7, 11) is 0. The number of hydrogen-bond donors (Lipinski definition) is 3. The van der Waals surface area contributed by atoms with Gasteiger partial charge in [0, 0.05) is 19.2 Å². The lowest BCUT2D eigenvalue weighted by molar-refractivity contribution is 0.234. The molecule has 1 aromatic rings. The highest BCUT2D eigenvalue weighted by Gasteiger charge is 2.00. The predicted molar refractivity (Wildman–Crippen MR) is 49.2 cm³/mol. The average molecular weight is 183 g/mol. The lowest BCUT2D eigenvalue weighted by Crippen LogP contribution is -2.11. The lowest BCUT2D eigenvalue weighted by Gasteiger charge is -2.08. The van der Waals surface area contributed by atoms with E-state index in [1.165, 1.54) is 0 Å². The van der Waals surface area contributed by atoms with Crippen LogP contribution in [0.1, 0.15) is 6.42 Å². The van der Waals surface area contributed by atoms with Crippen LogP contribution in [0.15, 0.2) is 18.3 Å². The number of nitrogen functional groups attached to an aromatic ring is 1. The summed E-state index contributed by atoms with van der Waals surface area (Å²) in [5.74, 6) is 6.31. The van der Waals surface area contributed by atoms with Gasteiger partial charge in [0.2, 0.25) is 0 Å². The molecule has 0 saturated carbocycles. The molecule has 0 aliphatic rings. The van der Waals surface area contributed by atoms with E-state index >= 15 is 0 Å². The van der Waals surface area contributed by atoms with Crippen molar-refractivity contribution in [1.29, 1.82) is 0 Å². The van der Waals surface area contributed by atoms with Gasteiger partial charge in [-0.3, -0.25) is 0 Å². The van der Waals surface area contributed by atoms with Crippen LogP contribution < -0.4 is 16.0 Å². The summed E-state index contributed by atoms with van der Waals surface area (Å²) in [6.45, 7) is 0.572. The monoisotopic (exact) mass is 183 g/mol. The van der Waals surface area contributed by atoms with Crippen molar-refractivity contribution >= 4 is 5.82 Å². The van der Waals surface area contributed by atoms with Crippen LogP contribution in [0.4, 0.5) is 5.82 Å². The number of ether oxygens (including phenoxy) is 1. The van der Waals surface area contributed by atoms with E-state index in [9.17, 15) is 0 Å². The minimum Gasteiger partial charge on any atom is -0.490 e. The number of rotatable bonds is 5. The van der Waals surface area contributed by atoms with Crippen molar-refractivity contribution in [3.8, 4) is 5.75 Å². The summed E-state index contributed by atoms with van der Waals surface area (Å²) in [6, 6.07) is 3.52. The van der Waals surface area contributed by atoms with Gasteiger partial charge in [0.1, 0.15) is 0 Å². The van der Waals surface area contributed by atoms with Crippen LogP contribution in [0.2, 0.25) is 0 Å². The Morgan fingerprint density at radius 1 is 1.62 bits per heavy atom. The molecule has 0 atom stereocenters. The second-order valence-electron chi connectivity index (χ2n) is 2.42. The quantitative estimate of drug-likeness (QED) is 0.343. The van der Waals surface area contributed by atoms with Crippen molar-refractivity contribution in [2.75, 3.05) is 18.6 Å². The first-order chi connectivity index (χ1) is 6.38. The van der Waals surface area contributed by atoms with E-state index in [0.29, 0.717) is 24.6 Å². The number of anilines is 1. The van der Waals surface area contributed by atoms with Crippen molar-refractivity contribution in [2.45, 2.75) is 6.42 Å². The van der Waals surface area contributed by atoms with Crippen LogP contribution >= 0.6 is 0 Å². The Balaban J connectivity index is 2.54. The molecular weight excluding hydrogens is 170 g/mol. The van der Waals surface area contributed by atoms with E-state index in [1.54, 1.807) is 18.3 Å². The molecule has 5 nitrogen and oxygen atoms in total. The van der Waals surface area contributed by atoms with Crippen molar-refractivity contribution < 1.29 is 9.84 Å². The van der Waals surface area contributed by atoms with Crippen molar-refractivity contribution in [3.63, 3.8) is 0 Å². The first-order valence-electron chi connectivity index (χ1n) is 4.03. The molecule has 0 radical (unpaired) electrons. The van der Waals surface area contributed by atoms with E-state index in [2.05, 4.69) is 10.4 Å². The minimum atomic E-state index is 0.117. The van der Waals surface area contributed by atoms with Crippen molar-refractivity contribution in [1.82, 2.24) is 4.98 Å². The molecule has 4 N–H and O–H groups in total. The number of hydrazine groups is 1. The molecule has 5 heteroatoms. The summed E-state index contributed by atoms with van der Waals surface area (Å²) in [4.78, 5) is 3.95. The van der Waals surface area contributed by atoms with E-state index in [0.717, 1.165) is 0 Å². The van der Waals surface area contributed by atoms with Gasteiger partial charge in [-0.15, -0.1) is 0 Å².